The summed E-state index contributed by atoms with van der Waals surface area (Å²) in [7, 11) is 0. The molecule has 1 aromatic rings. The van der Waals surface area contributed by atoms with Crippen LogP contribution in [-0.4, -0.2) is 17.2 Å². The van der Waals surface area contributed by atoms with Crippen LogP contribution >= 0.6 is 11.6 Å². The normalized spacial score (nSPS) is 20.6. The lowest BCUT2D eigenvalue weighted by Crippen LogP contribution is -2.23. The largest absolute Gasteiger partial charge is 0.454 e. The van der Waals surface area contributed by atoms with Crippen LogP contribution in [0.1, 0.15) is 32.1 Å². The van der Waals surface area contributed by atoms with Gasteiger partial charge >= 0.3 is 0 Å². The number of nitrogens with two attached hydrogens (primary N) is 1. The lowest BCUT2D eigenvalue weighted by Gasteiger charge is -2.26. The summed E-state index contributed by atoms with van der Waals surface area (Å²) >= 11 is 5.87. The molecule has 0 unspecified atom stereocenters. The summed E-state index contributed by atoms with van der Waals surface area (Å²) in [5.41, 5.74) is 7.03. The van der Waals surface area contributed by atoms with Crippen LogP contribution in [0.3, 0.4) is 0 Å². The second kappa shape index (κ2) is 5.83. The monoisotopic (exact) mass is 291 g/mol. The van der Waals surface area contributed by atoms with Gasteiger partial charge in [0, 0.05) is 18.2 Å². The summed E-state index contributed by atoms with van der Waals surface area (Å²) in [6.07, 6.45) is 9.22. The number of hydrogen-bond donors (Lipinski definition) is 1. The maximum Gasteiger partial charge on any atom is 0.164 e. The Morgan fingerprint density at radius 3 is 2.80 bits per heavy atom. The van der Waals surface area contributed by atoms with E-state index in [1.807, 2.05) is 0 Å². The summed E-state index contributed by atoms with van der Waals surface area (Å²) in [6, 6.07) is 3.90. The van der Waals surface area contributed by atoms with Gasteiger partial charge in [0.05, 0.1) is 18.0 Å². The van der Waals surface area contributed by atoms with Crippen LogP contribution < -0.4 is 10.5 Å². The third-order valence-corrected chi connectivity index (χ3v) is 3.91. The molecule has 2 aliphatic carbocycles. The SMILES string of the molecule is N/C(=C(\C=NC1CC1)Oc1ccnc(Cl)c1)C1CCC1. The second-order valence-corrected chi connectivity index (χ2v) is 5.76. The minimum atomic E-state index is 0.406. The molecule has 5 heteroatoms. The Morgan fingerprint density at radius 2 is 2.20 bits per heavy atom. The Balaban J connectivity index is 1.80. The first-order valence-corrected chi connectivity index (χ1v) is 7.42. The van der Waals surface area contributed by atoms with E-state index in [1.165, 1.54) is 6.42 Å². The van der Waals surface area contributed by atoms with Gasteiger partial charge in [-0.1, -0.05) is 18.0 Å². The number of hydrogen-bond acceptors (Lipinski definition) is 4. The van der Waals surface area contributed by atoms with E-state index in [0.717, 1.165) is 31.4 Å². The fourth-order valence-electron chi connectivity index (χ4n) is 2.05. The smallest absolute Gasteiger partial charge is 0.164 e. The highest BCUT2D eigenvalue weighted by molar-refractivity contribution is 6.29. The van der Waals surface area contributed by atoms with Crippen LogP contribution in [0.2, 0.25) is 5.15 Å². The molecule has 2 fully saturated rings. The van der Waals surface area contributed by atoms with Gasteiger partial charge in [-0.05, 0) is 31.7 Å². The van der Waals surface area contributed by atoms with Crippen LogP contribution in [-0.2, 0) is 0 Å². The first-order valence-electron chi connectivity index (χ1n) is 7.04. The van der Waals surface area contributed by atoms with Crippen molar-refractivity contribution in [3.05, 3.63) is 34.9 Å². The van der Waals surface area contributed by atoms with Gasteiger partial charge in [0.1, 0.15) is 10.9 Å². The topological polar surface area (TPSA) is 60.5 Å². The van der Waals surface area contributed by atoms with Gasteiger partial charge in [0.15, 0.2) is 5.76 Å². The molecule has 2 N–H and O–H groups in total. The van der Waals surface area contributed by atoms with E-state index >= 15 is 0 Å². The van der Waals surface area contributed by atoms with Crippen LogP contribution in [0.25, 0.3) is 0 Å². The number of halogens is 1. The third kappa shape index (κ3) is 3.31. The molecular weight excluding hydrogens is 274 g/mol. The van der Waals surface area contributed by atoms with E-state index in [0.29, 0.717) is 28.6 Å². The maximum atomic E-state index is 6.23. The summed E-state index contributed by atoms with van der Waals surface area (Å²) in [5, 5.41) is 0.406. The summed E-state index contributed by atoms with van der Waals surface area (Å²) in [5.74, 6) is 1.72. The fraction of sp³-hybridized carbons (Fsp3) is 0.467. The molecule has 0 saturated heterocycles. The van der Waals surface area contributed by atoms with E-state index in [9.17, 15) is 0 Å². The highest BCUT2D eigenvalue weighted by Gasteiger charge is 2.24. The van der Waals surface area contributed by atoms with Gasteiger partial charge in [0.2, 0.25) is 0 Å². The van der Waals surface area contributed by atoms with Crippen molar-refractivity contribution in [1.82, 2.24) is 4.98 Å². The van der Waals surface area contributed by atoms with Crippen molar-refractivity contribution in [1.29, 1.82) is 0 Å². The maximum absolute atomic E-state index is 6.23. The molecule has 106 valence electrons. The number of aromatic nitrogens is 1. The molecule has 0 aliphatic heterocycles. The molecule has 0 atom stereocenters. The van der Waals surface area contributed by atoms with Gasteiger partial charge in [-0.2, -0.15) is 0 Å². The Hall–Kier alpha value is -1.55. The zero-order valence-electron chi connectivity index (χ0n) is 11.3. The van der Waals surface area contributed by atoms with Crippen LogP contribution in [0.5, 0.6) is 5.75 Å². The minimum Gasteiger partial charge on any atom is -0.454 e. The van der Waals surface area contributed by atoms with Gasteiger partial charge in [-0.15, -0.1) is 0 Å². The number of nitrogens with zero attached hydrogens (tertiary/aromatic N) is 2. The van der Waals surface area contributed by atoms with Crippen molar-refractivity contribution >= 4 is 17.8 Å². The van der Waals surface area contributed by atoms with Gasteiger partial charge in [0.25, 0.3) is 0 Å². The number of ether oxygens (including phenoxy) is 1. The molecule has 4 nitrogen and oxygen atoms in total. The molecule has 0 aromatic carbocycles. The van der Waals surface area contributed by atoms with Crippen molar-refractivity contribution < 1.29 is 4.74 Å². The fourth-order valence-corrected chi connectivity index (χ4v) is 2.22. The van der Waals surface area contributed by atoms with Crippen molar-refractivity contribution in [3.8, 4) is 5.75 Å². The van der Waals surface area contributed by atoms with Gasteiger partial charge in [-0.3, -0.25) is 4.99 Å². The second-order valence-electron chi connectivity index (χ2n) is 5.37. The molecule has 0 radical (unpaired) electrons. The highest BCUT2D eigenvalue weighted by Crippen LogP contribution is 2.33. The lowest BCUT2D eigenvalue weighted by atomic mass is 9.82. The van der Waals surface area contributed by atoms with Crippen molar-refractivity contribution in [3.63, 3.8) is 0 Å². The van der Waals surface area contributed by atoms with E-state index in [-0.39, 0.29) is 0 Å². The predicted molar refractivity (Wildman–Crippen MR) is 79.9 cm³/mol. The first-order chi connectivity index (χ1) is 9.72. The van der Waals surface area contributed by atoms with Crippen molar-refractivity contribution in [2.45, 2.75) is 38.1 Å². The van der Waals surface area contributed by atoms with E-state index in [4.69, 9.17) is 22.1 Å². The lowest BCUT2D eigenvalue weighted by molar-refractivity contribution is 0.344. The number of allylic oxidation sites excluding steroid dienone is 2. The molecule has 1 heterocycles. The summed E-state index contributed by atoms with van der Waals surface area (Å²) in [4.78, 5) is 8.42. The predicted octanol–water partition coefficient (Wildman–Crippen LogP) is 3.32. The highest BCUT2D eigenvalue weighted by atomic mass is 35.5. The zero-order chi connectivity index (χ0) is 13.9. The molecule has 2 saturated carbocycles. The van der Waals surface area contributed by atoms with E-state index < -0.39 is 0 Å². The van der Waals surface area contributed by atoms with Crippen molar-refractivity contribution in [2.24, 2.45) is 16.6 Å². The molecule has 0 amide bonds. The zero-order valence-corrected chi connectivity index (χ0v) is 12.0. The van der Waals surface area contributed by atoms with Crippen LogP contribution in [0, 0.1) is 5.92 Å². The quantitative estimate of drug-likeness (QED) is 0.514. The molecular formula is C15H18ClN3O. The average Bonchev–Trinajstić information content (AvgIpc) is 3.16. The van der Waals surface area contributed by atoms with Gasteiger partial charge < -0.3 is 10.5 Å². The number of pyridine rings is 1. The van der Waals surface area contributed by atoms with Crippen LogP contribution in [0.4, 0.5) is 0 Å². The number of rotatable bonds is 5. The van der Waals surface area contributed by atoms with Crippen LogP contribution in [0.15, 0.2) is 34.8 Å². The average molecular weight is 292 g/mol. The van der Waals surface area contributed by atoms with Gasteiger partial charge in [-0.25, -0.2) is 4.98 Å². The Bertz CT molecular complexity index is 548. The molecule has 2 aliphatic rings. The van der Waals surface area contributed by atoms with E-state index in [2.05, 4.69) is 9.98 Å². The minimum absolute atomic E-state index is 0.406. The molecule has 0 bridgehead atoms. The Kier molecular flexibility index (Phi) is 3.92. The molecule has 20 heavy (non-hydrogen) atoms. The molecule has 0 spiro atoms. The molecule has 1 aromatic heterocycles. The Labute approximate surface area is 123 Å². The standard InChI is InChI=1S/C15H18ClN3O/c16-14-8-12(6-7-18-14)20-13(9-19-11-4-5-11)15(17)10-2-1-3-10/h6-11H,1-5,17H2/b15-13+,19-9?. The summed E-state index contributed by atoms with van der Waals surface area (Å²) < 4.78 is 5.87. The third-order valence-electron chi connectivity index (χ3n) is 3.70. The van der Waals surface area contributed by atoms with Crippen molar-refractivity contribution in [2.75, 3.05) is 0 Å². The first kappa shape index (κ1) is 13.4. The number of aliphatic imine (C=N–C) groups is 1. The summed E-state index contributed by atoms with van der Waals surface area (Å²) in [6.45, 7) is 0. The molecule has 3 rings (SSSR count). The Morgan fingerprint density at radius 1 is 1.40 bits per heavy atom. The van der Waals surface area contributed by atoms with E-state index in [1.54, 1.807) is 24.5 Å².